The van der Waals surface area contributed by atoms with Crippen molar-refractivity contribution in [3.05, 3.63) is 87.9 Å². The third-order valence-electron chi connectivity index (χ3n) is 9.24. The fourth-order valence-corrected chi connectivity index (χ4v) is 8.22. The van der Waals surface area contributed by atoms with Crippen molar-refractivity contribution in [1.29, 1.82) is 0 Å². The lowest BCUT2D eigenvalue weighted by molar-refractivity contribution is -0.137. The number of halogens is 1. The fourth-order valence-electron chi connectivity index (χ4n) is 7.95. The van der Waals surface area contributed by atoms with E-state index in [4.69, 9.17) is 16.3 Å². The zero-order chi connectivity index (χ0) is 27.8. The van der Waals surface area contributed by atoms with Gasteiger partial charge in [-0.2, -0.15) is 0 Å². The second kappa shape index (κ2) is 8.91. The van der Waals surface area contributed by atoms with Crippen LogP contribution in [0.15, 0.2) is 60.7 Å². The van der Waals surface area contributed by atoms with E-state index in [1.54, 1.807) is 18.2 Å². The number of rotatable bonds is 5. The fraction of sp³-hybridized carbons (Fsp3) is 0.344. The molecule has 0 aliphatic carbocycles. The smallest absolute Gasteiger partial charge is 0.251 e. The molecule has 2 fully saturated rings. The van der Waals surface area contributed by atoms with Crippen molar-refractivity contribution >= 4 is 40.6 Å². The summed E-state index contributed by atoms with van der Waals surface area (Å²) < 4.78 is 5.85. The number of carbonyl (C=O) groups excluding carboxylic acids is 3. The van der Waals surface area contributed by atoms with Crippen molar-refractivity contribution in [3.8, 4) is 5.75 Å². The molecule has 7 rings (SSSR count). The lowest BCUT2D eigenvalue weighted by Gasteiger charge is -2.43. The monoisotopic (exact) mass is 555 g/mol. The van der Waals surface area contributed by atoms with Gasteiger partial charge in [0.15, 0.2) is 5.78 Å². The van der Waals surface area contributed by atoms with Crippen molar-refractivity contribution in [2.45, 2.75) is 50.1 Å². The van der Waals surface area contributed by atoms with Gasteiger partial charge < -0.3 is 15.4 Å². The third-order valence-corrected chi connectivity index (χ3v) is 9.46. The van der Waals surface area contributed by atoms with Crippen LogP contribution >= 0.6 is 11.6 Å². The summed E-state index contributed by atoms with van der Waals surface area (Å²) in [5.74, 6) is -0.985. The van der Waals surface area contributed by atoms with E-state index in [0.717, 1.165) is 18.4 Å². The lowest BCUT2D eigenvalue weighted by Crippen LogP contribution is -2.62. The van der Waals surface area contributed by atoms with Crippen molar-refractivity contribution in [1.82, 2.24) is 4.90 Å². The Hall–Kier alpha value is -3.68. The number of aryl methyl sites for hydroxylation is 1. The molecule has 2 spiro atoms. The second-order valence-corrected chi connectivity index (χ2v) is 11.7. The molecule has 8 heteroatoms. The molecule has 0 aromatic heterocycles. The molecule has 3 aromatic rings. The quantitative estimate of drug-likeness (QED) is 0.409. The van der Waals surface area contributed by atoms with E-state index in [2.05, 4.69) is 15.5 Å². The maximum Gasteiger partial charge on any atom is 0.251 e. The number of anilines is 2. The van der Waals surface area contributed by atoms with Crippen LogP contribution in [0.25, 0.3) is 0 Å². The Kier molecular flexibility index (Phi) is 5.64. The minimum absolute atomic E-state index is 0.164. The number of benzene rings is 3. The minimum atomic E-state index is -1.50. The summed E-state index contributed by atoms with van der Waals surface area (Å²) in [5.41, 5.74) is 0.986. The van der Waals surface area contributed by atoms with E-state index in [1.165, 1.54) is 0 Å². The number of nitrogens with zero attached hydrogens (tertiary/aromatic N) is 1. The van der Waals surface area contributed by atoms with E-state index in [1.807, 2.05) is 56.3 Å². The Balaban J connectivity index is 1.53. The van der Waals surface area contributed by atoms with Gasteiger partial charge in [-0.1, -0.05) is 48.9 Å². The maximum atomic E-state index is 14.8. The number of para-hydroxylation sites is 1. The summed E-state index contributed by atoms with van der Waals surface area (Å²) in [5, 5.41) is 6.68. The number of carbonyl (C=O) groups is 3. The van der Waals surface area contributed by atoms with E-state index in [0.29, 0.717) is 58.4 Å². The Morgan fingerprint density at radius 1 is 1.05 bits per heavy atom. The van der Waals surface area contributed by atoms with Crippen LogP contribution in [0.3, 0.4) is 0 Å². The zero-order valence-corrected chi connectivity index (χ0v) is 23.2. The third kappa shape index (κ3) is 3.02. The van der Waals surface area contributed by atoms with Gasteiger partial charge in [0.05, 0.1) is 12.5 Å². The van der Waals surface area contributed by atoms with Crippen molar-refractivity contribution in [3.63, 3.8) is 0 Å². The topological polar surface area (TPSA) is 87.7 Å². The molecular formula is C32H30ClN3O4. The maximum absolute atomic E-state index is 14.8. The van der Waals surface area contributed by atoms with Gasteiger partial charge >= 0.3 is 0 Å². The van der Waals surface area contributed by atoms with Crippen LogP contribution in [0.5, 0.6) is 5.75 Å². The molecule has 204 valence electrons. The number of hydrogen-bond donors (Lipinski definition) is 2. The first kappa shape index (κ1) is 25.3. The largest absolute Gasteiger partial charge is 0.494 e. The molecule has 4 heterocycles. The average molecular weight is 556 g/mol. The van der Waals surface area contributed by atoms with E-state index in [-0.39, 0.29) is 23.6 Å². The number of fused-ring (bicyclic) bond motifs is 7. The Morgan fingerprint density at radius 2 is 1.88 bits per heavy atom. The van der Waals surface area contributed by atoms with Gasteiger partial charge in [-0.25, -0.2) is 0 Å². The molecule has 4 atom stereocenters. The highest BCUT2D eigenvalue weighted by atomic mass is 35.5. The average Bonchev–Trinajstić information content (AvgIpc) is 3.66. The molecule has 4 aliphatic heterocycles. The molecular weight excluding hydrogens is 526 g/mol. The molecule has 0 unspecified atom stereocenters. The number of ketones is 1. The predicted molar refractivity (Wildman–Crippen MR) is 153 cm³/mol. The SMILES string of the molecule is CCCOc1cccc(C(=O)[C@@H]2[C@@H]3CCCN3[C@@]3(C(=O)Nc4c(C)cc(Cl)cc43)[C@]23C(=O)Nc2ccccc23)c1. The molecule has 2 N–H and O–H groups in total. The van der Waals surface area contributed by atoms with Crippen LogP contribution in [0.1, 0.15) is 53.2 Å². The highest BCUT2D eigenvalue weighted by molar-refractivity contribution is 6.31. The molecule has 3 aromatic carbocycles. The van der Waals surface area contributed by atoms with Gasteiger partial charge in [-0.3, -0.25) is 19.3 Å². The highest BCUT2D eigenvalue weighted by Crippen LogP contribution is 2.68. The van der Waals surface area contributed by atoms with Crippen molar-refractivity contribution in [2.75, 3.05) is 23.8 Å². The first-order valence-corrected chi connectivity index (χ1v) is 14.3. The summed E-state index contributed by atoms with van der Waals surface area (Å²) in [7, 11) is 0. The number of amides is 2. The second-order valence-electron chi connectivity index (χ2n) is 11.2. The first-order valence-electron chi connectivity index (χ1n) is 13.9. The molecule has 0 radical (unpaired) electrons. The summed E-state index contributed by atoms with van der Waals surface area (Å²) in [6.07, 6.45) is 2.36. The van der Waals surface area contributed by atoms with Gasteiger partial charge in [0.25, 0.3) is 5.91 Å². The van der Waals surface area contributed by atoms with E-state index in [9.17, 15) is 14.4 Å². The Labute approximate surface area is 237 Å². The van der Waals surface area contributed by atoms with Crippen molar-refractivity contribution in [2.24, 2.45) is 5.92 Å². The normalized spacial score (nSPS) is 28.0. The summed E-state index contributed by atoms with van der Waals surface area (Å²) in [6, 6.07) is 18.0. The molecule has 7 nitrogen and oxygen atoms in total. The van der Waals surface area contributed by atoms with Gasteiger partial charge in [-0.05, 0) is 74.2 Å². The zero-order valence-electron chi connectivity index (χ0n) is 22.4. The highest BCUT2D eigenvalue weighted by Gasteiger charge is 2.81. The number of nitrogens with one attached hydrogen (secondary N) is 2. The standard InChI is InChI=1S/C32H30ClN3O4/c1-3-14-40-21-9-6-8-19(16-21)28(37)26-25-12-7-13-36(25)32(23-17-20(33)15-18(2)27(23)35-30(32)39)31(26)22-10-4-5-11-24(22)34-29(31)38/h4-6,8-11,15-17,25-26H,3,7,12-14H2,1-2H3,(H,34,38)(H,35,39)/t25-,26-,31-,32-/m0/s1. The minimum Gasteiger partial charge on any atom is -0.494 e. The van der Waals surface area contributed by atoms with Gasteiger partial charge in [-0.15, -0.1) is 0 Å². The Bertz CT molecular complexity index is 1600. The molecule has 40 heavy (non-hydrogen) atoms. The molecule has 0 saturated carbocycles. The van der Waals surface area contributed by atoms with Crippen LogP contribution in [-0.2, 0) is 20.5 Å². The Morgan fingerprint density at radius 3 is 2.70 bits per heavy atom. The molecule has 2 amide bonds. The number of ether oxygens (including phenoxy) is 1. The van der Waals surface area contributed by atoms with Crippen LogP contribution in [0, 0.1) is 12.8 Å². The number of Topliss-reactive ketones (excluding diaryl/α,β-unsaturated/α-hetero) is 1. The van der Waals surface area contributed by atoms with Gasteiger partial charge in [0.2, 0.25) is 5.91 Å². The molecule has 4 aliphatic rings. The van der Waals surface area contributed by atoms with Crippen LogP contribution in [-0.4, -0.2) is 41.7 Å². The van der Waals surface area contributed by atoms with E-state index < -0.39 is 16.9 Å². The van der Waals surface area contributed by atoms with Gasteiger partial charge in [0, 0.05) is 33.6 Å². The number of hydrogen-bond acceptors (Lipinski definition) is 5. The summed E-state index contributed by atoms with van der Waals surface area (Å²) >= 11 is 6.63. The van der Waals surface area contributed by atoms with Gasteiger partial charge in [0.1, 0.15) is 16.7 Å². The van der Waals surface area contributed by atoms with Crippen LogP contribution in [0.4, 0.5) is 11.4 Å². The van der Waals surface area contributed by atoms with Crippen molar-refractivity contribution < 1.29 is 19.1 Å². The first-order chi connectivity index (χ1) is 19.3. The van der Waals surface area contributed by atoms with Crippen LogP contribution in [0.2, 0.25) is 5.02 Å². The van der Waals surface area contributed by atoms with E-state index >= 15 is 0 Å². The molecule has 2 saturated heterocycles. The predicted octanol–water partition coefficient (Wildman–Crippen LogP) is 5.45. The lowest BCUT2D eigenvalue weighted by atomic mass is 9.57. The van der Waals surface area contributed by atoms with Crippen LogP contribution < -0.4 is 15.4 Å². The summed E-state index contributed by atoms with van der Waals surface area (Å²) in [4.78, 5) is 46.1. The molecule has 0 bridgehead atoms. The summed E-state index contributed by atoms with van der Waals surface area (Å²) in [6.45, 7) is 5.06.